The van der Waals surface area contributed by atoms with E-state index < -0.39 is 0 Å². The second-order valence-electron chi connectivity index (χ2n) is 4.58. The van der Waals surface area contributed by atoms with E-state index >= 15 is 0 Å². The van der Waals surface area contributed by atoms with Crippen molar-refractivity contribution in [2.45, 2.75) is 37.6 Å². The Balaban J connectivity index is 1.94. The Labute approximate surface area is 96.4 Å². The Bertz CT molecular complexity index is 344. The van der Waals surface area contributed by atoms with Crippen LogP contribution < -0.4 is 5.73 Å². The highest BCUT2D eigenvalue weighted by molar-refractivity contribution is 7.99. The number of hydrogen-bond donors (Lipinski definition) is 1. The van der Waals surface area contributed by atoms with Crippen LogP contribution in [0.2, 0.25) is 0 Å². The molecule has 1 saturated carbocycles. The summed E-state index contributed by atoms with van der Waals surface area (Å²) in [4.78, 5) is 1.39. The molecule has 0 aliphatic heterocycles. The summed E-state index contributed by atoms with van der Waals surface area (Å²) in [5.74, 6) is 1.87. The molecule has 1 unspecified atom stereocenters. The van der Waals surface area contributed by atoms with E-state index in [2.05, 4.69) is 32.0 Å². The quantitative estimate of drug-likeness (QED) is 0.791. The average Bonchev–Trinajstić information content (AvgIpc) is 3.02. The second kappa shape index (κ2) is 4.58. The molecular weight excluding hydrogens is 202 g/mol. The van der Waals surface area contributed by atoms with E-state index in [0.29, 0.717) is 6.04 Å². The molecule has 1 aromatic rings. The molecule has 1 atom stereocenters. The van der Waals surface area contributed by atoms with Crippen molar-refractivity contribution in [3.8, 4) is 0 Å². The van der Waals surface area contributed by atoms with Crippen LogP contribution >= 0.6 is 11.8 Å². The summed E-state index contributed by atoms with van der Waals surface area (Å²) in [6.45, 7) is 4.31. The summed E-state index contributed by atoms with van der Waals surface area (Å²) in [6, 6.07) is 7.02. The van der Waals surface area contributed by atoms with Gasteiger partial charge >= 0.3 is 0 Å². The predicted octanol–water partition coefficient (Wildman–Crippen LogP) is 3.13. The zero-order chi connectivity index (χ0) is 10.8. The monoisotopic (exact) mass is 221 g/mol. The third-order valence-electron chi connectivity index (χ3n) is 3.00. The van der Waals surface area contributed by atoms with Crippen molar-refractivity contribution in [3.05, 3.63) is 29.3 Å². The Morgan fingerprint density at radius 3 is 2.80 bits per heavy atom. The molecule has 2 heteroatoms. The highest BCUT2D eigenvalue weighted by Crippen LogP contribution is 2.34. The molecule has 1 fully saturated rings. The summed E-state index contributed by atoms with van der Waals surface area (Å²) >= 11 is 1.91. The van der Waals surface area contributed by atoms with Crippen molar-refractivity contribution in [1.29, 1.82) is 0 Å². The maximum Gasteiger partial charge on any atom is 0.0162 e. The topological polar surface area (TPSA) is 26.0 Å². The van der Waals surface area contributed by atoms with Crippen LogP contribution in [0.5, 0.6) is 0 Å². The maximum absolute atomic E-state index is 6.09. The molecule has 1 aliphatic rings. The summed E-state index contributed by atoms with van der Waals surface area (Å²) in [6.07, 6.45) is 2.68. The third-order valence-corrected chi connectivity index (χ3v) is 4.30. The van der Waals surface area contributed by atoms with Crippen LogP contribution in [0.3, 0.4) is 0 Å². The molecule has 1 aromatic carbocycles. The Kier molecular flexibility index (Phi) is 3.37. The van der Waals surface area contributed by atoms with E-state index in [9.17, 15) is 0 Å². The number of thioether (sulfide) groups is 1. The van der Waals surface area contributed by atoms with Crippen LogP contribution in [0, 0.1) is 19.8 Å². The van der Waals surface area contributed by atoms with Gasteiger partial charge in [0.1, 0.15) is 0 Å². The van der Waals surface area contributed by atoms with E-state index in [1.165, 1.54) is 28.9 Å². The zero-order valence-electron chi connectivity index (χ0n) is 9.49. The molecular formula is C13H19NS. The molecule has 0 bridgehead atoms. The Morgan fingerprint density at radius 1 is 1.40 bits per heavy atom. The molecule has 0 radical (unpaired) electrons. The molecule has 2 rings (SSSR count). The number of hydrogen-bond acceptors (Lipinski definition) is 2. The smallest absolute Gasteiger partial charge is 0.0162 e. The first-order valence-corrected chi connectivity index (χ1v) is 6.61. The van der Waals surface area contributed by atoms with Crippen LogP contribution in [-0.2, 0) is 0 Å². The number of nitrogens with two attached hydrogens (primary N) is 1. The fourth-order valence-electron chi connectivity index (χ4n) is 1.71. The van der Waals surface area contributed by atoms with Crippen molar-refractivity contribution in [2.75, 3.05) is 5.75 Å². The average molecular weight is 221 g/mol. The third kappa shape index (κ3) is 2.99. The van der Waals surface area contributed by atoms with Gasteiger partial charge in [0, 0.05) is 16.7 Å². The van der Waals surface area contributed by atoms with E-state index in [1.54, 1.807) is 0 Å². The molecule has 0 spiro atoms. The van der Waals surface area contributed by atoms with Gasteiger partial charge in [0.15, 0.2) is 0 Å². The van der Waals surface area contributed by atoms with Crippen molar-refractivity contribution >= 4 is 11.8 Å². The molecule has 15 heavy (non-hydrogen) atoms. The van der Waals surface area contributed by atoms with Gasteiger partial charge in [0.05, 0.1) is 0 Å². The fourth-order valence-corrected chi connectivity index (χ4v) is 2.92. The number of benzene rings is 1. The van der Waals surface area contributed by atoms with Crippen LogP contribution in [-0.4, -0.2) is 11.8 Å². The van der Waals surface area contributed by atoms with Crippen LogP contribution in [0.15, 0.2) is 23.1 Å². The van der Waals surface area contributed by atoms with Gasteiger partial charge in [0.2, 0.25) is 0 Å². The lowest BCUT2D eigenvalue weighted by Gasteiger charge is -2.11. The molecule has 0 saturated heterocycles. The zero-order valence-corrected chi connectivity index (χ0v) is 10.3. The Hall–Kier alpha value is -0.470. The minimum absolute atomic E-state index is 0.398. The van der Waals surface area contributed by atoms with Crippen molar-refractivity contribution in [1.82, 2.24) is 0 Å². The summed E-state index contributed by atoms with van der Waals surface area (Å²) < 4.78 is 0. The van der Waals surface area contributed by atoms with Gasteiger partial charge in [-0.1, -0.05) is 17.7 Å². The second-order valence-corrected chi connectivity index (χ2v) is 5.64. The van der Waals surface area contributed by atoms with E-state index in [-0.39, 0.29) is 0 Å². The summed E-state index contributed by atoms with van der Waals surface area (Å²) in [5, 5.41) is 0. The lowest BCUT2D eigenvalue weighted by Crippen LogP contribution is -2.25. The molecule has 0 amide bonds. The SMILES string of the molecule is Cc1ccc(C)c(SCC(N)C2CC2)c1. The van der Waals surface area contributed by atoms with E-state index in [1.807, 2.05) is 11.8 Å². The maximum atomic E-state index is 6.09. The van der Waals surface area contributed by atoms with Gasteiger partial charge in [-0.25, -0.2) is 0 Å². The van der Waals surface area contributed by atoms with Crippen molar-refractivity contribution < 1.29 is 0 Å². The molecule has 0 heterocycles. The number of rotatable bonds is 4. The van der Waals surface area contributed by atoms with Gasteiger partial charge in [0.25, 0.3) is 0 Å². The largest absolute Gasteiger partial charge is 0.327 e. The van der Waals surface area contributed by atoms with Crippen LogP contribution in [0.4, 0.5) is 0 Å². The van der Waals surface area contributed by atoms with E-state index in [0.717, 1.165) is 11.7 Å². The van der Waals surface area contributed by atoms with Gasteiger partial charge in [-0.2, -0.15) is 0 Å². The Morgan fingerprint density at radius 2 is 2.13 bits per heavy atom. The fraction of sp³-hybridized carbons (Fsp3) is 0.538. The van der Waals surface area contributed by atoms with E-state index in [4.69, 9.17) is 5.73 Å². The van der Waals surface area contributed by atoms with Crippen molar-refractivity contribution in [3.63, 3.8) is 0 Å². The molecule has 82 valence electrons. The first-order chi connectivity index (χ1) is 7.16. The van der Waals surface area contributed by atoms with Crippen LogP contribution in [0.1, 0.15) is 24.0 Å². The lowest BCUT2D eigenvalue weighted by molar-refractivity contribution is 0.659. The minimum Gasteiger partial charge on any atom is -0.327 e. The molecule has 1 nitrogen and oxygen atoms in total. The first kappa shape index (κ1) is 11.0. The normalized spacial score (nSPS) is 17.8. The van der Waals surface area contributed by atoms with Gasteiger partial charge < -0.3 is 5.73 Å². The molecule has 2 N–H and O–H groups in total. The summed E-state index contributed by atoms with van der Waals surface area (Å²) in [5.41, 5.74) is 8.80. The minimum atomic E-state index is 0.398. The predicted molar refractivity (Wildman–Crippen MR) is 67.3 cm³/mol. The standard InChI is InChI=1S/C13H19NS/c1-9-3-4-10(2)13(7-9)15-8-12(14)11-5-6-11/h3-4,7,11-12H,5-6,8,14H2,1-2H3. The lowest BCUT2D eigenvalue weighted by atomic mass is 10.2. The van der Waals surface area contributed by atoms with Crippen molar-refractivity contribution in [2.24, 2.45) is 11.7 Å². The highest BCUT2D eigenvalue weighted by Gasteiger charge is 2.28. The van der Waals surface area contributed by atoms with Gasteiger partial charge in [-0.3, -0.25) is 0 Å². The van der Waals surface area contributed by atoms with Crippen LogP contribution in [0.25, 0.3) is 0 Å². The number of aryl methyl sites for hydroxylation is 2. The molecule has 0 aromatic heterocycles. The highest BCUT2D eigenvalue weighted by atomic mass is 32.2. The summed E-state index contributed by atoms with van der Waals surface area (Å²) in [7, 11) is 0. The first-order valence-electron chi connectivity index (χ1n) is 5.62. The molecule has 1 aliphatic carbocycles. The van der Waals surface area contributed by atoms with Gasteiger partial charge in [-0.15, -0.1) is 11.8 Å². The van der Waals surface area contributed by atoms with Gasteiger partial charge in [-0.05, 0) is 44.2 Å².